The molecule has 1 N–H and O–H groups in total. The van der Waals surface area contributed by atoms with Crippen LogP contribution in [0.15, 0.2) is 23.3 Å². The third-order valence-electron chi connectivity index (χ3n) is 4.05. The van der Waals surface area contributed by atoms with Crippen LogP contribution in [0.25, 0.3) is 0 Å². The van der Waals surface area contributed by atoms with E-state index in [9.17, 15) is 14.4 Å². The van der Waals surface area contributed by atoms with Crippen LogP contribution in [0.2, 0.25) is 0 Å². The molecule has 0 aliphatic carbocycles. The molecule has 0 radical (unpaired) electrons. The summed E-state index contributed by atoms with van der Waals surface area (Å²) in [6.45, 7) is 6.04. The minimum atomic E-state index is -0.668. The van der Waals surface area contributed by atoms with Crippen molar-refractivity contribution in [3.8, 4) is 0 Å². The average Bonchev–Trinajstić information content (AvgIpc) is 2.62. The SMILES string of the molecule is CCCCNC(=O)COC(=O)C1=NN(c2cc(C)ccc2C)C(=O)CC1. The first kappa shape index (κ1) is 19.6. The van der Waals surface area contributed by atoms with Gasteiger partial charge in [0.05, 0.1) is 5.69 Å². The third-order valence-corrected chi connectivity index (χ3v) is 4.05. The van der Waals surface area contributed by atoms with Gasteiger partial charge in [0.15, 0.2) is 6.61 Å². The lowest BCUT2D eigenvalue weighted by molar-refractivity contribution is -0.142. The van der Waals surface area contributed by atoms with Crippen LogP contribution in [0.1, 0.15) is 43.7 Å². The molecule has 2 amide bonds. The fourth-order valence-electron chi connectivity index (χ4n) is 2.51. The first-order valence-electron chi connectivity index (χ1n) is 8.84. The number of hydrazone groups is 1. The number of ether oxygens (including phenoxy) is 1. The lowest BCUT2D eigenvalue weighted by Gasteiger charge is -2.24. The lowest BCUT2D eigenvalue weighted by Crippen LogP contribution is -2.36. The monoisotopic (exact) mass is 359 g/mol. The number of anilines is 1. The standard InChI is InChI=1S/C19H25N3O4/c1-4-5-10-20-17(23)12-26-19(25)15-8-9-18(24)22(21-15)16-11-13(2)6-7-14(16)3/h6-7,11H,4-5,8-10,12H2,1-3H3,(H,20,23). The Labute approximate surface area is 153 Å². The van der Waals surface area contributed by atoms with Crippen molar-refractivity contribution in [1.29, 1.82) is 0 Å². The van der Waals surface area contributed by atoms with E-state index in [4.69, 9.17) is 4.74 Å². The van der Waals surface area contributed by atoms with Crippen molar-refractivity contribution in [3.63, 3.8) is 0 Å². The van der Waals surface area contributed by atoms with Crippen LogP contribution in [0, 0.1) is 13.8 Å². The van der Waals surface area contributed by atoms with Gasteiger partial charge < -0.3 is 10.1 Å². The van der Waals surface area contributed by atoms with Gasteiger partial charge in [0, 0.05) is 19.4 Å². The molecule has 0 fully saturated rings. The Kier molecular flexibility index (Phi) is 6.89. The summed E-state index contributed by atoms with van der Waals surface area (Å²) in [5.74, 6) is -1.18. The zero-order valence-electron chi connectivity index (χ0n) is 15.5. The van der Waals surface area contributed by atoms with Gasteiger partial charge >= 0.3 is 5.97 Å². The second kappa shape index (κ2) is 9.12. The number of aryl methyl sites for hydroxylation is 2. The summed E-state index contributed by atoms with van der Waals surface area (Å²) in [6.07, 6.45) is 2.22. The molecule has 1 aromatic carbocycles. The number of hydrogen-bond donors (Lipinski definition) is 1. The lowest BCUT2D eigenvalue weighted by atomic mass is 10.1. The first-order valence-corrected chi connectivity index (χ1v) is 8.84. The van der Waals surface area contributed by atoms with Crippen LogP contribution < -0.4 is 10.3 Å². The van der Waals surface area contributed by atoms with Crippen molar-refractivity contribution in [2.75, 3.05) is 18.2 Å². The van der Waals surface area contributed by atoms with Gasteiger partial charge in [0.2, 0.25) is 5.91 Å². The Morgan fingerprint density at radius 1 is 1.27 bits per heavy atom. The second-order valence-electron chi connectivity index (χ2n) is 6.32. The van der Waals surface area contributed by atoms with Crippen LogP contribution in [0.5, 0.6) is 0 Å². The molecule has 1 aliphatic heterocycles. The molecule has 7 heteroatoms. The summed E-state index contributed by atoms with van der Waals surface area (Å²) in [6, 6.07) is 5.70. The van der Waals surface area contributed by atoms with Crippen LogP contribution in [-0.4, -0.2) is 36.6 Å². The smallest absolute Gasteiger partial charge is 0.355 e. The van der Waals surface area contributed by atoms with Gasteiger partial charge in [-0.25, -0.2) is 4.79 Å². The minimum Gasteiger partial charge on any atom is -0.451 e. The zero-order chi connectivity index (χ0) is 19.1. The molecule has 1 aliphatic rings. The average molecular weight is 359 g/mol. The summed E-state index contributed by atoms with van der Waals surface area (Å²) in [7, 11) is 0. The fraction of sp³-hybridized carbons (Fsp3) is 0.474. The summed E-state index contributed by atoms with van der Waals surface area (Å²) < 4.78 is 5.03. The van der Waals surface area contributed by atoms with Gasteiger partial charge in [-0.2, -0.15) is 10.1 Å². The largest absolute Gasteiger partial charge is 0.451 e. The first-order chi connectivity index (χ1) is 12.4. The van der Waals surface area contributed by atoms with Crippen LogP contribution in [-0.2, 0) is 19.1 Å². The molecule has 0 aromatic heterocycles. The molecule has 2 rings (SSSR count). The Hall–Kier alpha value is -2.70. The quantitative estimate of drug-likeness (QED) is 0.597. The van der Waals surface area contributed by atoms with Gasteiger partial charge in [-0.3, -0.25) is 9.59 Å². The molecule has 140 valence electrons. The Bertz CT molecular complexity index is 727. The number of benzene rings is 1. The Balaban J connectivity index is 2.04. The highest BCUT2D eigenvalue weighted by Crippen LogP contribution is 2.25. The van der Waals surface area contributed by atoms with E-state index in [0.29, 0.717) is 12.2 Å². The normalized spacial score (nSPS) is 14.0. The molecule has 0 spiro atoms. The van der Waals surface area contributed by atoms with E-state index in [2.05, 4.69) is 10.4 Å². The van der Waals surface area contributed by atoms with Gasteiger partial charge in [-0.05, 0) is 37.5 Å². The van der Waals surface area contributed by atoms with Crippen LogP contribution >= 0.6 is 0 Å². The highest BCUT2D eigenvalue weighted by Gasteiger charge is 2.27. The molecule has 0 bridgehead atoms. The number of carbonyl (C=O) groups is 3. The molecular weight excluding hydrogens is 334 g/mol. The molecule has 0 atom stereocenters. The maximum Gasteiger partial charge on any atom is 0.355 e. The number of esters is 1. The van der Waals surface area contributed by atoms with Crippen molar-refractivity contribution >= 4 is 29.2 Å². The Morgan fingerprint density at radius 3 is 2.77 bits per heavy atom. The molecule has 7 nitrogen and oxygen atoms in total. The van der Waals surface area contributed by atoms with Crippen molar-refractivity contribution in [1.82, 2.24) is 5.32 Å². The maximum atomic E-state index is 12.2. The van der Waals surface area contributed by atoms with Crippen molar-refractivity contribution in [2.24, 2.45) is 5.10 Å². The number of hydrogen-bond acceptors (Lipinski definition) is 5. The van der Waals surface area contributed by atoms with E-state index in [0.717, 1.165) is 24.0 Å². The minimum absolute atomic E-state index is 0.145. The summed E-state index contributed by atoms with van der Waals surface area (Å²) >= 11 is 0. The topological polar surface area (TPSA) is 88.1 Å². The van der Waals surface area contributed by atoms with Crippen LogP contribution in [0.4, 0.5) is 5.69 Å². The zero-order valence-corrected chi connectivity index (χ0v) is 15.5. The number of amides is 2. The molecule has 1 aromatic rings. The van der Waals surface area contributed by atoms with Gasteiger partial charge in [-0.15, -0.1) is 0 Å². The van der Waals surface area contributed by atoms with Crippen molar-refractivity contribution in [3.05, 3.63) is 29.3 Å². The van der Waals surface area contributed by atoms with Crippen LogP contribution in [0.3, 0.4) is 0 Å². The molecule has 26 heavy (non-hydrogen) atoms. The fourth-order valence-corrected chi connectivity index (χ4v) is 2.51. The van der Waals surface area contributed by atoms with Gasteiger partial charge in [0.25, 0.3) is 5.91 Å². The maximum absolute atomic E-state index is 12.2. The Morgan fingerprint density at radius 2 is 2.04 bits per heavy atom. The van der Waals surface area contributed by atoms with E-state index in [-0.39, 0.29) is 37.0 Å². The summed E-state index contributed by atoms with van der Waals surface area (Å²) in [5.41, 5.74) is 2.67. The highest BCUT2D eigenvalue weighted by atomic mass is 16.5. The molecule has 0 unspecified atom stereocenters. The van der Waals surface area contributed by atoms with E-state index in [1.165, 1.54) is 5.01 Å². The molecule has 0 saturated heterocycles. The highest BCUT2D eigenvalue weighted by molar-refractivity contribution is 6.38. The molecule has 0 saturated carbocycles. The van der Waals surface area contributed by atoms with E-state index in [1.54, 1.807) is 0 Å². The summed E-state index contributed by atoms with van der Waals surface area (Å²) in [5, 5.41) is 8.11. The van der Waals surface area contributed by atoms with Gasteiger partial charge in [-0.1, -0.05) is 25.5 Å². The van der Waals surface area contributed by atoms with E-state index in [1.807, 2.05) is 39.0 Å². The summed E-state index contributed by atoms with van der Waals surface area (Å²) in [4.78, 5) is 36.1. The third kappa shape index (κ3) is 5.15. The predicted molar refractivity (Wildman–Crippen MR) is 98.9 cm³/mol. The molecule has 1 heterocycles. The number of carbonyl (C=O) groups excluding carboxylic acids is 3. The molecular formula is C19H25N3O4. The van der Waals surface area contributed by atoms with Crippen molar-refractivity contribution in [2.45, 2.75) is 46.5 Å². The number of nitrogens with zero attached hydrogens (tertiary/aromatic N) is 2. The number of rotatable bonds is 7. The van der Waals surface area contributed by atoms with Gasteiger partial charge in [0.1, 0.15) is 5.71 Å². The van der Waals surface area contributed by atoms with E-state index >= 15 is 0 Å². The number of unbranched alkanes of at least 4 members (excludes halogenated alkanes) is 1. The predicted octanol–water partition coefficient (Wildman–Crippen LogP) is 2.25. The number of nitrogens with one attached hydrogen (secondary N) is 1. The van der Waals surface area contributed by atoms with E-state index < -0.39 is 5.97 Å². The van der Waals surface area contributed by atoms with Crippen molar-refractivity contribution < 1.29 is 19.1 Å². The second-order valence-corrected chi connectivity index (χ2v) is 6.32.